The maximum atomic E-state index is 9.29. The minimum Gasteiger partial charge on any atom is -0.383 e. The smallest absolute Gasteiger partial charge is 0.101 e. The van der Waals surface area contributed by atoms with Crippen LogP contribution in [0.5, 0.6) is 0 Å². The number of aryl methyl sites for hydroxylation is 1. The Balaban J connectivity index is 3.06. The predicted octanol–water partition coefficient (Wildman–Crippen LogP) is 2.35. The second-order valence-electron chi connectivity index (χ2n) is 4.62. The highest BCUT2D eigenvalue weighted by Gasteiger charge is 2.17. The Morgan fingerprint density at radius 1 is 1.32 bits per heavy atom. The molecule has 1 aromatic rings. The Morgan fingerprint density at radius 3 is 2.63 bits per heavy atom. The number of anilines is 1. The molecule has 19 heavy (non-hydrogen) atoms. The van der Waals surface area contributed by atoms with Crippen LogP contribution in [0, 0.1) is 18.3 Å². The molecule has 0 aliphatic heterocycles. The summed E-state index contributed by atoms with van der Waals surface area (Å²) < 4.78 is 10.4. The molecule has 1 aromatic carbocycles. The lowest BCUT2D eigenvalue weighted by molar-refractivity contribution is 0.171. The van der Waals surface area contributed by atoms with E-state index in [2.05, 4.69) is 17.9 Å². The van der Waals surface area contributed by atoms with Gasteiger partial charge in [-0.05, 0) is 31.5 Å². The number of nitrogens with zero attached hydrogens (tertiary/aromatic N) is 2. The molecule has 1 rings (SSSR count). The van der Waals surface area contributed by atoms with Crippen LogP contribution in [0.1, 0.15) is 18.1 Å². The van der Waals surface area contributed by atoms with Gasteiger partial charge in [-0.1, -0.05) is 6.07 Å². The lowest BCUT2D eigenvalue weighted by Crippen LogP contribution is -2.39. The monoisotopic (exact) mass is 262 g/mol. The first-order valence-electron chi connectivity index (χ1n) is 6.39. The van der Waals surface area contributed by atoms with E-state index in [9.17, 15) is 5.26 Å². The Labute approximate surface area is 115 Å². The summed E-state index contributed by atoms with van der Waals surface area (Å²) in [6, 6.07) is 8.39. The SMILES string of the molecule is COCCN(c1ccc(C)cc1C#N)C(C)COC. The molecule has 104 valence electrons. The molecule has 4 nitrogen and oxygen atoms in total. The van der Waals surface area contributed by atoms with Crippen LogP contribution in [0.15, 0.2) is 18.2 Å². The van der Waals surface area contributed by atoms with E-state index in [0.29, 0.717) is 18.8 Å². The van der Waals surface area contributed by atoms with Crippen LogP contribution in [-0.2, 0) is 9.47 Å². The summed E-state index contributed by atoms with van der Waals surface area (Å²) in [5.41, 5.74) is 2.72. The molecular weight excluding hydrogens is 240 g/mol. The highest BCUT2D eigenvalue weighted by molar-refractivity contribution is 5.61. The lowest BCUT2D eigenvalue weighted by Gasteiger charge is -2.31. The van der Waals surface area contributed by atoms with E-state index < -0.39 is 0 Å². The summed E-state index contributed by atoms with van der Waals surface area (Å²) in [6.45, 7) is 6.04. The number of hydrogen-bond donors (Lipinski definition) is 0. The van der Waals surface area contributed by atoms with Crippen molar-refractivity contribution < 1.29 is 9.47 Å². The Bertz CT molecular complexity index is 440. The van der Waals surface area contributed by atoms with Crippen LogP contribution in [0.3, 0.4) is 0 Å². The van der Waals surface area contributed by atoms with Crippen LogP contribution in [-0.4, -0.2) is 40.0 Å². The van der Waals surface area contributed by atoms with Gasteiger partial charge in [0.15, 0.2) is 0 Å². The van der Waals surface area contributed by atoms with Crippen molar-refractivity contribution in [2.24, 2.45) is 0 Å². The van der Waals surface area contributed by atoms with E-state index in [-0.39, 0.29) is 6.04 Å². The van der Waals surface area contributed by atoms with Gasteiger partial charge >= 0.3 is 0 Å². The third-order valence-corrected chi connectivity index (χ3v) is 3.06. The van der Waals surface area contributed by atoms with Crippen molar-refractivity contribution in [1.82, 2.24) is 0 Å². The molecule has 0 aliphatic rings. The molecule has 1 atom stereocenters. The first-order chi connectivity index (χ1) is 9.13. The Morgan fingerprint density at radius 2 is 2.05 bits per heavy atom. The Hall–Kier alpha value is -1.57. The van der Waals surface area contributed by atoms with Crippen molar-refractivity contribution in [1.29, 1.82) is 5.26 Å². The van der Waals surface area contributed by atoms with Crippen molar-refractivity contribution in [3.63, 3.8) is 0 Å². The fourth-order valence-corrected chi connectivity index (χ4v) is 2.09. The zero-order valence-electron chi connectivity index (χ0n) is 12.1. The number of methoxy groups -OCH3 is 2. The van der Waals surface area contributed by atoms with Crippen LogP contribution < -0.4 is 4.90 Å². The molecule has 0 bridgehead atoms. The third kappa shape index (κ3) is 4.23. The fourth-order valence-electron chi connectivity index (χ4n) is 2.09. The van der Waals surface area contributed by atoms with E-state index in [1.807, 2.05) is 25.1 Å². The number of benzene rings is 1. The quantitative estimate of drug-likeness (QED) is 0.756. The van der Waals surface area contributed by atoms with Crippen molar-refractivity contribution in [3.05, 3.63) is 29.3 Å². The number of nitriles is 1. The zero-order valence-corrected chi connectivity index (χ0v) is 12.1. The maximum absolute atomic E-state index is 9.29. The number of hydrogen-bond acceptors (Lipinski definition) is 4. The molecule has 0 saturated heterocycles. The summed E-state index contributed by atoms with van der Waals surface area (Å²) >= 11 is 0. The number of rotatable bonds is 7. The first-order valence-corrected chi connectivity index (χ1v) is 6.39. The van der Waals surface area contributed by atoms with E-state index >= 15 is 0 Å². The molecule has 0 aromatic heterocycles. The van der Waals surface area contributed by atoms with Crippen LogP contribution in [0.4, 0.5) is 5.69 Å². The normalized spacial score (nSPS) is 11.9. The van der Waals surface area contributed by atoms with Crippen molar-refractivity contribution in [2.45, 2.75) is 19.9 Å². The van der Waals surface area contributed by atoms with E-state index in [4.69, 9.17) is 9.47 Å². The largest absolute Gasteiger partial charge is 0.383 e. The molecular formula is C15H22N2O2. The standard InChI is InChI=1S/C15H22N2O2/c1-12-5-6-15(14(9-12)10-16)17(7-8-18-3)13(2)11-19-4/h5-6,9,13H,7-8,11H2,1-4H3. The molecule has 4 heteroatoms. The lowest BCUT2D eigenvalue weighted by atomic mass is 10.1. The van der Waals surface area contributed by atoms with E-state index in [0.717, 1.165) is 17.8 Å². The fraction of sp³-hybridized carbons (Fsp3) is 0.533. The van der Waals surface area contributed by atoms with Gasteiger partial charge in [0.1, 0.15) is 6.07 Å². The van der Waals surface area contributed by atoms with Crippen molar-refractivity contribution in [2.75, 3.05) is 38.9 Å². The average molecular weight is 262 g/mol. The van der Waals surface area contributed by atoms with Crippen LogP contribution in [0.2, 0.25) is 0 Å². The molecule has 0 amide bonds. The summed E-state index contributed by atoms with van der Waals surface area (Å²) in [5.74, 6) is 0. The molecule has 0 saturated carbocycles. The molecule has 0 fully saturated rings. The minimum absolute atomic E-state index is 0.190. The van der Waals surface area contributed by atoms with Gasteiger partial charge in [-0.15, -0.1) is 0 Å². The molecule has 0 spiro atoms. The molecule has 0 heterocycles. The first kappa shape index (κ1) is 15.5. The average Bonchev–Trinajstić information content (AvgIpc) is 2.40. The number of ether oxygens (including phenoxy) is 2. The van der Waals surface area contributed by atoms with Crippen molar-refractivity contribution >= 4 is 5.69 Å². The summed E-state index contributed by atoms with van der Waals surface area (Å²) in [7, 11) is 3.37. The van der Waals surface area contributed by atoms with Gasteiger partial charge in [0.2, 0.25) is 0 Å². The van der Waals surface area contributed by atoms with Gasteiger partial charge < -0.3 is 14.4 Å². The van der Waals surface area contributed by atoms with Crippen molar-refractivity contribution in [3.8, 4) is 6.07 Å². The second-order valence-corrected chi connectivity index (χ2v) is 4.62. The van der Waals surface area contributed by atoms with Crippen LogP contribution >= 0.6 is 0 Å². The van der Waals surface area contributed by atoms with Gasteiger partial charge in [0.05, 0.1) is 24.5 Å². The van der Waals surface area contributed by atoms with Crippen LogP contribution in [0.25, 0.3) is 0 Å². The summed E-state index contributed by atoms with van der Waals surface area (Å²) in [5, 5.41) is 9.29. The molecule has 0 aliphatic carbocycles. The second kappa shape index (κ2) is 7.78. The van der Waals surface area contributed by atoms with Gasteiger partial charge in [-0.3, -0.25) is 0 Å². The van der Waals surface area contributed by atoms with Gasteiger partial charge in [-0.2, -0.15) is 5.26 Å². The maximum Gasteiger partial charge on any atom is 0.101 e. The highest BCUT2D eigenvalue weighted by atomic mass is 16.5. The zero-order chi connectivity index (χ0) is 14.3. The summed E-state index contributed by atoms with van der Waals surface area (Å²) in [4.78, 5) is 2.16. The van der Waals surface area contributed by atoms with Gasteiger partial charge in [0, 0.05) is 26.8 Å². The van der Waals surface area contributed by atoms with Gasteiger partial charge in [0.25, 0.3) is 0 Å². The molecule has 0 radical (unpaired) electrons. The Kier molecular flexibility index (Phi) is 6.34. The third-order valence-electron chi connectivity index (χ3n) is 3.06. The van der Waals surface area contributed by atoms with E-state index in [1.165, 1.54) is 0 Å². The molecule has 1 unspecified atom stereocenters. The van der Waals surface area contributed by atoms with E-state index in [1.54, 1.807) is 14.2 Å². The highest BCUT2D eigenvalue weighted by Crippen LogP contribution is 2.23. The molecule has 0 N–H and O–H groups in total. The van der Waals surface area contributed by atoms with Gasteiger partial charge in [-0.25, -0.2) is 0 Å². The predicted molar refractivity (Wildman–Crippen MR) is 76.5 cm³/mol. The minimum atomic E-state index is 0.190. The summed E-state index contributed by atoms with van der Waals surface area (Å²) in [6.07, 6.45) is 0. The topological polar surface area (TPSA) is 45.5 Å².